The number of hydrogen-bond donors (Lipinski definition) is 1. The monoisotopic (exact) mass is 601 g/mol. The van der Waals surface area contributed by atoms with Crippen molar-refractivity contribution in [1.29, 1.82) is 0 Å². The number of rotatable bonds is 13. The predicted octanol–water partition coefficient (Wildman–Crippen LogP) is 4.80. The van der Waals surface area contributed by atoms with E-state index in [1.165, 1.54) is 37.3 Å². The van der Waals surface area contributed by atoms with E-state index in [0.717, 1.165) is 15.4 Å². The van der Waals surface area contributed by atoms with Crippen molar-refractivity contribution in [1.82, 2.24) is 10.2 Å². The lowest BCUT2D eigenvalue weighted by atomic mass is 10.1. The number of amides is 2. The molecule has 0 aliphatic heterocycles. The summed E-state index contributed by atoms with van der Waals surface area (Å²) < 4.78 is 40.1. The summed E-state index contributed by atoms with van der Waals surface area (Å²) in [4.78, 5) is 28.6. The van der Waals surface area contributed by atoms with E-state index in [-0.39, 0.29) is 28.8 Å². The van der Waals surface area contributed by atoms with Crippen LogP contribution in [-0.2, 0) is 26.2 Å². The number of likely N-dealkylation sites (N-methyl/N-ethyl adjacent to an activating group) is 1. The number of carbonyl (C=O) groups is 2. The zero-order chi connectivity index (χ0) is 30.2. The second kappa shape index (κ2) is 14.2. The second-order valence-electron chi connectivity index (χ2n) is 9.33. The highest BCUT2D eigenvalue weighted by molar-refractivity contribution is 7.92. The van der Waals surface area contributed by atoms with Gasteiger partial charge in [-0.3, -0.25) is 13.9 Å². The van der Waals surface area contributed by atoms with Gasteiger partial charge in [0, 0.05) is 24.2 Å². The minimum atomic E-state index is -4.27. The average molecular weight is 602 g/mol. The highest BCUT2D eigenvalue weighted by Crippen LogP contribution is 2.36. The van der Waals surface area contributed by atoms with Crippen molar-refractivity contribution < 1.29 is 27.5 Å². The molecule has 0 saturated carbocycles. The van der Waals surface area contributed by atoms with Gasteiger partial charge >= 0.3 is 0 Å². The van der Waals surface area contributed by atoms with Gasteiger partial charge in [-0.05, 0) is 62.2 Å². The predicted molar refractivity (Wildman–Crippen MR) is 160 cm³/mol. The van der Waals surface area contributed by atoms with Gasteiger partial charge in [-0.2, -0.15) is 0 Å². The molecule has 1 atom stereocenters. The van der Waals surface area contributed by atoms with E-state index in [9.17, 15) is 18.0 Å². The number of benzene rings is 3. The summed E-state index contributed by atoms with van der Waals surface area (Å²) in [6, 6.07) is 17.1. The largest absolute Gasteiger partial charge is 0.497 e. The fourth-order valence-corrected chi connectivity index (χ4v) is 5.88. The number of sulfonamides is 1. The van der Waals surface area contributed by atoms with Crippen LogP contribution in [0.25, 0.3) is 0 Å². The molecule has 0 fully saturated rings. The zero-order valence-corrected chi connectivity index (χ0v) is 25.5. The van der Waals surface area contributed by atoms with E-state index in [1.54, 1.807) is 62.4 Å². The van der Waals surface area contributed by atoms with Gasteiger partial charge in [0.25, 0.3) is 10.0 Å². The number of hydrogen-bond acceptors (Lipinski definition) is 6. The minimum absolute atomic E-state index is 0.000733. The fourth-order valence-electron chi connectivity index (χ4n) is 4.34. The Morgan fingerprint density at radius 2 is 1.61 bits per heavy atom. The van der Waals surface area contributed by atoms with Gasteiger partial charge in [-0.1, -0.05) is 48.4 Å². The Morgan fingerprint density at radius 3 is 2.17 bits per heavy atom. The molecule has 0 saturated heterocycles. The first-order valence-electron chi connectivity index (χ1n) is 13.2. The Kier molecular flexibility index (Phi) is 11.0. The molecular weight excluding hydrogens is 566 g/mol. The minimum Gasteiger partial charge on any atom is -0.497 e. The number of halogens is 1. The van der Waals surface area contributed by atoms with Gasteiger partial charge in [0.2, 0.25) is 11.8 Å². The maximum absolute atomic E-state index is 14.1. The topological polar surface area (TPSA) is 105 Å². The molecule has 3 aromatic carbocycles. The molecule has 0 heterocycles. The van der Waals surface area contributed by atoms with Gasteiger partial charge in [-0.15, -0.1) is 0 Å². The lowest BCUT2D eigenvalue weighted by Gasteiger charge is -2.33. The Balaban J connectivity index is 2.14. The summed E-state index contributed by atoms with van der Waals surface area (Å²) >= 11 is 6.06. The molecule has 0 aliphatic rings. The van der Waals surface area contributed by atoms with Crippen molar-refractivity contribution in [2.24, 2.45) is 0 Å². The van der Waals surface area contributed by atoms with Crippen molar-refractivity contribution >= 4 is 39.1 Å². The molecule has 3 aromatic rings. The van der Waals surface area contributed by atoms with E-state index < -0.39 is 28.5 Å². The van der Waals surface area contributed by atoms with Crippen LogP contribution in [0, 0.1) is 6.92 Å². The third-order valence-electron chi connectivity index (χ3n) is 6.55. The molecule has 2 amide bonds. The van der Waals surface area contributed by atoms with Crippen LogP contribution in [0.2, 0.25) is 5.02 Å². The number of methoxy groups -OCH3 is 2. The van der Waals surface area contributed by atoms with Crippen LogP contribution in [0.5, 0.6) is 11.5 Å². The van der Waals surface area contributed by atoms with Crippen LogP contribution < -0.4 is 19.1 Å². The van der Waals surface area contributed by atoms with Crippen LogP contribution in [-0.4, -0.2) is 58.5 Å². The molecule has 11 heteroatoms. The van der Waals surface area contributed by atoms with Gasteiger partial charge in [0.05, 0.1) is 24.8 Å². The SMILES string of the molecule is CCNC(=O)[C@@H](CC)N(Cc1ccc(Cl)cc1)C(=O)CN(c1cc(OC)ccc1OC)S(=O)(=O)c1ccc(C)cc1. The van der Waals surface area contributed by atoms with Gasteiger partial charge in [-0.25, -0.2) is 8.42 Å². The molecule has 0 aromatic heterocycles. The first-order valence-corrected chi connectivity index (χ1v) is 15.0. The normalized spacial score (nSPS) is 11.9. The maximum atomic E-state index is 14.1. The third-order valence-corrected chi connectivity index (χ3v) is 8.57. The molecule has 0 radical (unpaired) electrons. The summed E-state index contributed by atoms with van der Waals surface area (Å²) in [6.45, 7) is 5.30. The number of aryl methyl sites for hydroxylation is 1. The van der Waals surface area contributed by atoms with Crippen molar-refractivity contribution in [3.8, 4) is 11.5 Å². The van der Waals surface area contributed by atoms with Crippen LogP contribution in [0.3, 0.4) is 0 Å². The molecule has 0 unspecified atom stereocenters. The number of nitrogens with one attached hydrogen (secondary N) is 1. The summed E-state index contributed by atoms with van der Waals surface area (Å²) in [5.41, 5.74) is 1.74. The molecule has 0 bridgehead atoms. The van der Waals surface area contributed by atoms with Crippen molar-refractivity contribution in [3.05, 3.63) is 82.9 Å². The van der Waals surface area contributed by atoms with Crippen molar-refractivity contribution in [2.75, 3.05) is 31.6 Å². The van der Waals surface area contributed by atoms with E-state index in [0.29, 0.717) is 23.7 Å². The lowest BCUT2D eigenvalue weighted by molar-refractivity contribution is -0.140. The molecule has 1 N–H and O–H groups in total. The molecule has 220 valence electrons. The average Bonchev–Trinajstić information content (AvgIpc) is 2.96. The third kappa shape index (κ3) is 7.71. The van der Waals surface area contributed by atoms with Crippen molar-refractivity contribution in [3.63, 3.8) is 0 Å². The maximum Gasteiger partial charge on any atom is 0.264 e. The van der Waals surface area contributed by atoms with Crippen LogP contribution in [0.4, 0.5) is 5.69 Å². The Hall–Kier alpha value is -3.76. The lowest BCUT2D eigenvalue weighted by Crippen LogP contribution is -2.52. The van der Waals surface area contributed by atoms with Gasteiger partial charge < -0.3 is 19.7 Å². The molecule has 3 rings (SSSR count). The molecule has 0 aliphatic carbocycles. The van der Waals surface area contributed by atoms with Crippen LogP contribution in [0.15, 0.2) is 71.6 Å². The highest BCUT2D eigenvalue weighted by atomic mass is 35.5. The second-order valence-corrected chi connectivity index (χ2v) is 11.6. The highest BCUT2D eigenvalue weighted by Gasteiger charge is 2.35. The van der Waals surface area contributed by atoms with E-state index >= 15 is 0 Å². The fraction of sp³-hybridized carbons (Fsp3) is 0.333. The number of anilines is 1. The first kappa shape index (κ1) is 31.8. The summed E-state index contributed by atoms with van der Waals surface area (Å²) in [5.74, 6) is -0.290. The molecule has 41 heavy (non-hydrogen) atoms. The standard InChI is InChI=1S/C30H36ClN3O6S/c1-6-26(30(36)32-7-2)33(19-22-10-12-23(31)13-11-22)29(35)20-34(27-18-24(39-4)14-17-28(27)40-5)41(37,38)25-15-8-21(3)9-16-25/h8-18,26H,6-7,19-20H2,1-5H3,(H,32,36)/t26-/m1/s1. The van der Waals surface area contributed by atoms with E-state index in [2.05, 4.69) is 5.32 Å². The van der Waals surface area contributed by atoms with Crippen LogP contribution in [0.1, 0.15) is 31.4 Å². The molecule has 0 spiro atoms. The van der Waals surface area contributed by atoms with Gasteiger partial charge in [0.1, 0.15) is 24.1 Å². The smallest absolute Gasteiger partial charge is 0.264 e. The Bertz CT molecular complexity index is 1450. The summed E-state index contributed by atoms with van der Waals surface area (Å²) in [6.07, 6.45) is 0.318. The van der Waals surface area contributed by atoms with Crippen molar-refractivity contribution in [2.45, 2.75) is 44.7 Å². The molecular formula is C30H36ClN3O6S. The Labute approximate surface area is 247 Å². The zero-order valence-electron chi connectivity index (χ0n) is 23.9. The van der Waals surface area contributed by atoms with Crippen LogP contribution >= 0.6 is 11.6 Å². The number of nitrogens with zero attached hydrogens (tertiary/aromatic N) is 2. The Morgan fingerprint density at radius 1 is 0.951 bits per heavy atom. The summed E-state index contributed by atoms with van der Waals surface area (Å²) in [7, 11) is -1.39. The molecule has 9 nitrogen and oxygen atoms in total. The van der Waals surface area contributed by atoms with E-state index in [1.807, 2.05) is 6.92 Å². The summed E-state index contributed by atoms with van der Waals surface area (Å²) in [5, 5.41) is 3.31. The van der Waals surface area contributed by atoms with Gasteiger partial charge in [0.15, 0.2) is 0 Å². The number of carbonyl (C=O) groups excluding carboxylic acids is 2. The number of ether oxygens (including phenoxy) is 2. The first-order chi connectivity index (χ1) is 19.5. The van der Waals surface area contributed by atoms with E-state index in [4.69, 9.17) is 21.1 Å². The quantitative estimate of drug-likeness (QED) is 0.302.